The summed E-state index contributed by atoms with van der Waals surface area (Å²) in [6.45, 7) is 1.72. The lowest BCUT2D eigenvalue weighted by Gasteiger charge is -2.12. The number of hydrogen-bond donors (Lipinski definition) is 3. The second kappa shape index (κ2) is 11.6. The summed E-state index contributed by atoms with van der Waals surface area (Å²) in [6.07, 6.45) is 0.840. The highest BCUT2D eigenvalue weighted by atomic mass is 16.5. The van der Waals surface area contributed by atoms with Gasteiger partial charge >= 0.3 is 0 Å². The van der Waals surface area contributed by atoms with Crippen molar-refractivity contribution in [2.75, 3.05) is 39.8 Å². The number of nitrogens with zero attached hydrogens (tertiary/aromatic N) is 3. The number of rotatable bonds is 10. The fourth-order valence-corrected chi connectivity index (χ4v) is 2.78. The third kappa shape index (κ3) is 6.71. The first kappa shape index (κ1) is 22.1. The average Bonchev–Trinajstić information content (AvgIpc) is 3.29. The normalized spacial score (nSPS) is 11.3. The second-order valence-corrected chi connectivity index (χ2v) is 6.61. The first-order valence-electron chi connectivity index (χ1n) is 9.97. The van der Waals surface area contributed by atoms with Crippen LogP contribution in [0.2, 0.25) is 0 Å². The van der Waals surface area contributed by atoms with Gasteiger partial charge in [0.15, 0.2) is 11.8 Å². The van der Waals surface area contributed by atoms with Crippen molar-refractivity contribution < 1.29 is 14.2 Å². The highest BCUT2D eigenvalue weighted by Crippen LogP contribution is 2.19. The number of methoxy groups -OCH3 is 2. The largest absolute Gasteiger partial charge is 0.497 e. The third-order valence-corrected chi connectivity index (χ3v) is 4.39. The molecule has 164 valence electrons. The Bertz CT molecular complexity index is 971. The van der Waals surface area contributed by atoms with Crippen LogP contribution in [0.5, 0.6) is 11.5 Å². The predicted octanol–water partition coefficient (Wildman–Crippen LogP) is 3.08. The molecule has 3 rings (SSSR count). The molecule has 0 saturated carbocycles. The molecule has 0 aliphatic heterocycles. The Morgan fingerprint density at radius 1 is 1.06 bits per heavy atom. The lowest BCUT2D eigenvalue weighted by atomic mass is 10.2. The zero-order valence-electron chi connectivity index (χ0n) is 18.0. The summed E-state index contributed by atoms with van der Waals surface area (Å²) in [4.78, 5) is 8.79. The molecule has 3 N–H and O–H groups in total. The van der Waals surface area contributed by atoms with Gasteiger partial charge in [0.05, 0.1) is 20.3 Å². The van der Waals surface area contributed by atoms with Crippen LogP contribution in [0.15, 0.2) is 53.5 Å². The quantitative estimate of drug-likeness (QED) is 0.261. The van der Waals surface area contributed by atoms with Crippen LogP contribution in [-0.2, 0) is 11.3 Å². The second-order valence-electron chi connectivity index (χ2n) is 6.61. The molecule has 2 aromatic carbocycles. The summed E-state index contributed by atoms with van der Waals surface area (Å²) in [7, 11) is 5.03. The minimum atomic E-state index is 0.441. The van der Waals surface area contributed by atoms with E-state index in [9.17, 15) is 0 Å². The van der Waals surface area contributed by atoms with Crippen LogP contribution in [0.1, 0.15) is 12.2 Å². The molecule has 1 aromatic heterocycles. The van der Waals surface area contributed by atoms with Gasteiger partial charge in [-0.15, -0.1) is 0 Å². The Morgan fingerprint density at radius 2 is 1.90 bits per heavy atom. The van der Waals surface area contributed by atoms with E-state index < -0.39 is 0 Å². The fourth-order valence-electron chi connectivity index (χ4n) is 2.78. The summed E-state index contributed by atoms with van der Waals surface area (Å²) in [5.74, 6) is 3.51. The summed E-state index contributed by atoms with van der Waals surface area (Å²) in [6, 6.07) is 15.3. The van der Waals surface area contributed by atoms with Gasteiger partial charge in [-0.1, -0.05) is 6.07 Å². The molecule has 0 bridgehead atoms. The zero-order chi connectivity index (χ0) is 21.9. The first-order valence-corrected chi connectivity index (χ1v) is 9.97. The van der Waals surface area contributed by atoms with Crippen molar-refractivity contribution in [3.63, 3.8) is 0 Å². The highest BCUT2D eigenvalue weighted by Gasteiger charge is 2.08. The molecule has 0 spiro atoms. The Balaban J connectivity index is 1.53. The number of nitrogens with one attached hydrogen (secondary N) is 3. The molecule has 0 aliphatic rings. The molecule has 9 heteroatoms. The van der Waals surface area contributed by atoms with Crippen molar-refractivity contribution in [2.24, 2.45) is 4.99 Å². The maximum absolute atomic E-state index is 5.74. The first-order chi connectivity index (χ1) is 15.2. The summed E-state index contributed by atoms with van der Waals surface area (Å²) in [5.41, 5.74) is 1.78. The Hall–Kier alpha value is -3.59. The number of anilines is 1. The molecular weight excluding hydrogens is 396 g/mol. The van der Waals surface area contributed by atoms with Gasteiger partial charge in [0, 0.05) is 44.5 Å². The molecule has 0 radical (unpaired) electrons. The van der Waals surface area contributed by atoms with Crippen molar-refractivity contribution in [3.8, 4) is 22.9 Å². The van der Waals surface area contributed by atoms with Gasteiger partial charge in [-0.25, -0.2) is 4.98 Å². The predicted molar refractivity (Wildman–Crippen MR) is 121 cm³/mol. The van der Waals surface area contributed by atoms with E-state index in [0.29, 0.717) is 37.4 Å². The van der Waals surface area contributed by atoms with Crippen molar-refractivity contribution in [2.45, 2.75) is 13.0 Å². The van der Waals surface area contributed by atoms with Crippen molar-refractivity contribution >= 4 is 11.6 Å². The van der Waals surface area contributed by atoms with Gasteiger partial charge < -0.3 is 24.8 Å². The number of aliphatic imine (C=N–C) groups is 1. The third-order valence-electron chi connectivity index (χ3n) is 4.39. The number of H-pyrrole nitrogens is 1. The number of guanidine groups is 1. The number of hydrogen-bond acceptors (Lipinski definition) is 6. The van der Waals surface area contributed by atoms with E-state index in [1.165, 1.54) is 0 Å². The molecular formula is C22H28N6O3. The number of aromatic nitrogens is 3. The van der Waals surface area contributed by atoms with Crippen LogP contribution >= 0.6 is 0 Å². The van der Waals surface area contributed by atoms with Gasteiger partial charge in [-0.2, -0.15) is 5.10 Å². The van der Waals surface area contributed by atoms with Gasteiger partial charge in [0.2, 0.25) is 0 Å². The van der Waals surface area contributed by atoms with Gasteiger partial charge in [-0.05, 0) is 36.4 Å². The van der Waals surface area contributed by atoms with E-state index in [-0.39, 0.29) is 0 Å². The van der Waals surface area contributed by atoms with E-state index in [1.54, 1.807) is 21.3 Å². The maximum atomic E-state index is 5.74. The molecule has 0 unspecified atom stereocenters. The minimum Gasteiger partial charge on any atom is -0.497 e. The fraction of sp³-hybridized carbons (Fsp3) is 0.318. The van der Waals surface area contributed by atoms with Gasteiger partial charge in [-0.3, -0.25) is 10.1 Å². The topological polar surface area (TPSA) is 106 Å². The lowest BCUT2D eigenvalue weighted by Crippen LogP contribution is -2.30. The van der Waals surface area contributed by atoms with E-state index in [4.69, 9.17) is 14.2 Å². The van der Waals surface area contributed by atoms with Crippen LogP contribution in [0.3, 0.4) is 0 Å². The Morgan fingerprint density at radius 3 is 2.65 bits per heavy atom. The minimum absolute atomic E-state index is 0.441. The molecule has 0 amide bonds. The molecule has 31 heavy (non-hydrogen) atoms. The Kier molecular flexibility index (Phi) is 8.24. The SMILES string of the molecule is CN=C(NCc1nc(-c2ccc(OC)cc2)n[nH]1)Nc1cccc(OCCCOC)c1. The van der Waals surface area contributed by atoms with E-state index >= 15 is 0 Å². The van der Waals surface area contributed by atoms with Crippen molar-refractivity contribution in [1.82, 2.24) is 20.5 Å². The molecule has 3 aromatic rings. The molecule has 1 heterocycles. The maximum Gasteiger partial charge on any atom is 0.195 e. The summed E-state index contributed by atoms with van der Waals surface area (Å²) >= 11 is 0. The molecule has 0 fully saturated rings. The van der Waals surface area contributed by atoms with Crippen LogP contribution in [0.4, 0.5) is 5.69 Å². The number of ether oxygens (including phenoxy) is 3. The molecule has 0 saturated heterocycles. The number of aromatic amines is 1. The smallest absolute Gasteiger partial charge is 0.195 e. The van der Waals surface area contributed by atoms with Gasteiger partial charge in [0.25, 0.3) is 0 Å². The Labute approximate surface area is 181 Å². The van der Waals surface area contributed by atoms with Crippen molar-refractivity contribution in [3.05, 3.63) is 54.4 Å². The van der Waals surface area contributed by atoms with Crippen LogP contribution in [0.25, 0.3) is 11.4 Å². The van der Waals surface area contributed by atoms with Crippen LogP contribution in [-0.4, -0.2) is 55.6 Å². The molecule has 0 aliphatic carbocycles. The number of benzene rings is 2. The van der Waals surface area contributed by atoms with E-state index in [0.717, 1.165) is 29.2 Å². The van der Waals surface area contributed by atoms with Crippen LogP contribution in [0, 0.1) is 0 Å². The van der Waals surface area contributed by atoms with Crippen molar-refractivity contribution in [1.29, 1.82) is 0 Å². The standard InChI is InChI=1S/C22H28N6O3/c1-23-22(25-17-6-4-7-19(14-17)31-13-5-12-29-2)24-15-20-26-21(28-27-20)16-8-10-18(30-3)11-9-16/h4,6-11,14H,5,12-13,15H2,1-3H3,(H2,23,24,25)(H,26,27,28). The molecule has 9 nitrogen and oxygen atoms in total. The van der Waals surface area contributed by atoms with Crippen LogP contribution < -0.4 is 20.1 Å². The average molecular weight is 425 g/mol. The summed E-state index contributed by atoms with van der Waals surface area (Å²) < 4.78 is 16.0. The monoisotopic (exact) mass is 424 g/mol. The summed E-state index contributed by atoms with van der Waals surface area (Å²) in [5, 5.41) is 13.7. The van der Waals surface area contributed by atoms with E-state index in [1.807, 2.05) is 48.5 Å². The van der Waals surface area contributed by atoms with E-state index in [2.05, 4.69) is 30.8 Å². The van der Waals surface area contributed by atoms with Gasteiger partial charge in [0.1, 0.15) is 17.3 Å². The lowest BCUT2D eigenvalue weighted by molar-refractivity contribution is 0.172. The highest BCUT2D eigenvalue weighted by molar-refractivity contribution is 5.93. The molecule has 0 atom stereocenters. The zero-order valence-corrected chi connectivity index (χ0v) is 18.0.